The van der Waals surface area contributed by atoms with E-state index in [2.05, 4.69) is 32.7 Å². The summed E-state index contributed by atoms with van der Waals surface area (Å²) in [5.41, 5.74) is 1.07. The zero-order chi connectivity index (χ0) is 14.7. The predicted octanol–water partition coefficient (Wildman–Crippen LogP) is 3.64. The molecule has 1 atom stereocenters. The minimum Gasteiger partial charge on any atom is -0.314 e. The fraction of sp³-hybridized carbons (Fsp3) is 0.467. The Hall–Kier alpha value is -0.780. The molecule has 110 valence electrons. The molecule has 1 aliphatic rings. The molecule has 2 nitrogen and oxygen atoms in total. The summed E-state index contributed by atoms with van der Waals surface area (Å²) in [7, 11) is 0. The molecular formula is C15H19BrF2N2. The Labute approximate surface area is 127 Å². The molecule has 0 saturated carbocycles. The summed E-state index contributed by atoms with van der Waals surface area (Å²) < 4.78 is 28.8. The molecule has 1 fully saturated rings. The lowest BCUT2D eigenvalue weighted by molar-refractivity contribution is 0.165. The van der Waals surface area contributed by atoms with Crippen LogP contribution in [0.5, 0.6) is 0 Å². The zero-order valence-electron chi connectivity index (χ0n) is 11.6. The van der Waals surface area contributed by atoms with E-state index in [0.29, 0.717) is 10.9 Å². The van der Waals surface area contributed by atoms with Gasteiger partial charge in [0.1, 0.15) is 11.6 Å². The van der Waals surface area contributed by atoms with Gasteiger partial charge < -0.3 is 5.32 Å². The van der Waals surface area contributed by atoms with E-state index in [1.807, 2.05) is 6.92 Å². The fourth-order valence-electron chi connectivity index (χ4n) is 2.59. The van der Waals surface area contributed by atoms with Crippen molar-refractivity contribution in [3.63, 3.8) is 0 Å². The number of benzene rings is 1. The molecule has 0 aliphatic carbocycles. The first-order valence-corrected chi connectivity index (χ1v) is 7.52. The second kappa shape index (κ2) is 6.78. The van der Waals surface area contributed by atoms with Gasteiger partial charge in [-0.2, -0.15) is 0 Å². The largest absolute Gasteiger partial charge is 0.314 e. The molecule has 1 N–H and O–H groups in total. The Morgan fingerprint density at radius 3 is 2.65 bits per heavy atom. The maximum Gasteiger partial charge on any atom is 0.145 e. The van der Waals surface area contributed by atoms with Gasteiger partial charge in [0.05, 0.1) is 4.47 Å². The van der Waals surface area contributed by atoms with Crippen LogP contribution in [0.2, 0.25) is 0 Å². The van der Waals surface area contributed by atoms with Crippen molar-refractivity contribution in [2.24, 2.45) is 0 Å². The second-order valence-corrected chi connectivity index (χ2v) is 6.07. The summed E-state index contributed by atoms with van der Waals surface area (Å²) in [6.07, 6.45) is 0.560. The highest BCUT2D eigenvalue weighted by atomic mass is 79.9. The molecule has 1 aromatic rings. The first kappa shape index (κ1) is 15.6. The third-order valence-corrected chi connectivity index (χ3v) is 4.16. The van der Waals surface area contributed by atoms with Gasteiger partial charge in [0.15, 0.2) is 0 Å². The third-order valence-electron chi connectivity index (χ3n) is 3.55. The molecule has 0 bridgehead atoms. The van der Waals surface area contributed by atoms with Crippen molar-refractivity contribution in [3.8, 4) is 0 Å². The molecule has 5 heteroatoms. The molecule has 0 unspecified atom stereocenters. The van der Waals surface area contributed by atoms with Gasteiger partial charge >= 0.3 is 0 Å². The van der Waals surface area contributed by atoms with Crippen molar-refractivity contribution in [2.45, 2.75) is 19.4 Å². The van der Waals surface area contributed by atoms with E-state index >= 15 is 0 Å². The normalized spacial score (nSPS) is 18.0. The SMILES string of the molecule is C=C(C)C[C@H](c1c(F)ccc(Br)c1F)N1CCNCC1. The molecule has 1 aliphatic heterocycles. The molecular weight excluding hydrogens is 326 g/mol. The molecule has 0 spiro atoms. The smallest absolute Gasteiger partial charge is 0.145 e. The highest BCUT2D eigenvalue weighted by Gasteiger charge is 2.28. The number of piperazine rings is 1. The highest BCUT2D eigenvalue weighted by molar-refractivity contribution is 9.10. The van der Waals surface area contributed by atoms with Gasteiger partial charge in [0.2, 0.25) is 0 Å². The molecule has 1 aromatic carbocycles. The van der Waals surface area contributed by atoms with Crippen LogP contribution >= 0.6 is 15.9 Å². The number of nitrogens with one attached hydrogen (secondary N) is 1. The first-order chi connectivity index (χ1) is 9.50. The van der Waals surface area contributed by atoms with Gasteiger partial charge in [-0.1, -0.05) is 5.57 Å². The predicted molar refractivity (Wildman–Crippen MR) is 80.7 cm³/mol. The lowest BCUT2D eigenvalue weighted by Gasteiger charge is -2.35. The number of hydrogen-bond donors (Lipinski definition) is 1. The van der Waals surface area contributed by atoms with Gasteiger partial charge in [-0.25, -0.2) is 8.78 Å². The van der Waals surface area contributed by atoms with Crippen molar-refractivity contribution in [2.75, 3.05) is 26.2 Å². The van der Waals surface area contributed by atoms with Gasteiger partial charge in [-0.15, -0.1) is 6.58 Å². The molecule has 1 saturated heterocycles. The van der Waals surface area contributed by atoms with Crippen molar-refractivity contribution in [1.29, 1.82) is 0 Å². The lowest BCUT2D eigenvalue weighted by atomic mass is 9.97. The molecule has 20 heavy (non-hydrogen) atoms. The summed E-state index contributed by atoms with van der Waals surface area (Å²) in [6, 6.07) is 2.42. The van der Waals surface area contributed by atoms with Crippen LogP contribution in [0.4, 0.5) is 8.78 Å². The highest BCUT2D eigenvalue weighted by Crippen LogP contribution is 2.34. The van der Waals surface area contributed by atoms with Crippen LogP contribution in [0.1, 0.15) is 24.9 Å². The fourth-order valence-corrected chi connectivity index (χ4v) is 2.93. The molecule has 2 rings (SSSR count). The monoisotopic (exact) mass is 344 g/mol. The number of nitrogens with zero attached hydrogens (tertiary/aromatic N) is 1. The summed E-state index contributed by atoms with van der Waals surface area (Å²) >= 11 is 3.14. The topological polar surface area (TPSA) is 15.3 Å². The van der Waals surface area contributed by atoms with Crippen molar-refractivity contribution in [3.05, 3.63) is 46.0 Å². The minimum atomic E-state index is -0.505. The summed E-state index contributed by atoms with van der Waals surface area (Å²) in [4.78, 5) is 2.12. The van der Waals surface area contributed by atoms with Gasteiger partial charge in [0, 0.05) is 37.8 Å². The van der Waals surface area contributed by atoms with Crippen molar-refractivity contribution < 1.29 is 8.78 Å². The van der Waals surface area contributed by atoms with Crippen LogP contribution in [0.15, 0.2) is 28.8 Å². The van der Waals surface area contributed by atoms with Gasteiger partial charge in [-0.05, 0) is 41.4 Å². The average molecular weight is 345 g/mol. The summed E-state index contributed by atoms with van der Waals surface area (Å²) in [5, 5.41) is 3.25. The third kappa shape index (κ3) is 3.45. The maximum absolute atomic E-state index is 14.4. The Kier molecular flexibility index (Phi) is 5.29. The Bertz CT molecular complexity index is 499. The van der Waals surface area contributed by atoms with Crippen LogP contribution in [0.3, 0.4) is 0 Å². The summed E-state index contributed by atoms with van der Waals surface area (Å²) in [6.45, 7) is 9.03. The molecule has 0 amide bonds. The summed E-state index contributed by atoms with van der Waals surface area (Å²) in [5.74, 6) is -0.995. The number of hydrogen-bond acceptors (Lipinski definition) is 2. The molecule has 0 radical (unpaired) electrons. The minimum absolute atomic E-state index is 0.143. The average Bonchev–Trinajstić information content (AvgIpc) is 2.43. The van der Waals surface area contributed by atoms with E-state index in [-0.39, 0.29) is 11.6 Å². The van der Waals surface area contributed by atoms with Gasteiger partial charge in [-0.3, -0.25) is 4.90 Å². The Balaban J connectivity index is 2.40. The van der Waals surface area contributed by atoms with E-state index < -0.39 is 11.6 Å². The number of rotatable bonds is 4. The Morgan fingerprint density at radius 1 is 1.40 bits per heavy atom. The van der Waals surface area contributed by atoms with Gasteiger partial charge in [0.25, 0.3) is 0 Å². The van der Waals surface area contributed by atoms with Crippen molar-refractivity contribution in [1.82, 2.24) is 10.2 Å². The van der Waals surface area contributed by atoms with E-state index in [1.54, 1.807) is 0 Å². The zero-order valence-corrected chi connectivity index (χ0v) is 13.1. The molecule has 0 aromatic heterocycles. The standard InChI is InChI=1S/C15H19BrF2N2/c1-10(2)9-13(20-7-5-19-6-8-20)14-12(17)4-3-11(16)15(14)18/h3-4,13,19H,1,5-9H2,2H3/t13-/m1/s1. The number of halogens is 3. The molecule has 1 heterocycles. The van der Waals surface area contributed by atoms with E-state index in [4.69, 9.17) is 0 Å². The van der Waals surface area contributed by atoms with Crippen LogP contribution in [-0.4, -0.2) is 31.1 Å². The van der Waals surface area contributed by atoms with E-state index in [0.717, 1.165) is 31.8 Å². The van der Waals surface area contributed by atoms with Crippen LogP contribution in [0, 0.1) is 11.6 Å². The quantitative estimate of drug-likeness (QED) is 0.662. The Morgan fingerprint density at radius 2 is 2.05 bits per heavy atom. The van der Waals surface area contributed by atoms with Crippen LogP contribution < -0.4 is 5.32 Å². The van der Waals surface area contributed by atoms with Crippen LogP contribution in [0.25, 0.3) is 0 Å². The second-order valence-electron chi connectivity index (χ2n) is 5.22. The van der Waals surface area contributed by atoms with Crippen molar-refractivity contribution >= 4 is 15.9 Å². The first-order valence-electron chi connectivity index (χ1n) is 6.73. The van der Waals surface area contributed by atoms with Crippen LogP contribution in [-0.2, 0) is 0 Å². The lowest BCUT2D eigenvalue weighted by Crippen LogP contribution is -2.45. The van der Waals surface area contributed by atoms with E-state index in [9.17, 15) is 8.78 Å². The van der Waals surface area contributed by atoms with E-state index in [1.165, 1.54) is 12.1 Å². The maximum atomic E-state index is 14.4.